The zero-order chi connectivity index (χ0) is 10.7. The molecule has 0 saturated carbocycles. The molecule has 0 aromatic carbocycles. The van der Waals surface area contributed by atoms with Crippen molar-refractivity contribution >= 4 is 5.82 Å². The molecule has 2 rings (SSSR count). The lowest BCUT2D eigenvalue weighted by Gasteiger charge is -2.12. The molecule has 1 heterocycles. The van der Waals surface area contributed by atoms with Gasteiger partial charge < -0.3 is 5.32 Å². The van der Waals surface area contributed by atoms with E-state index in [0.29, 0.717) is 6.04 Å². The van der Waals surface area contributed by atoms with Gasteiger partial charge in [0.25, 0.3) is 0 Å². The highest BCUT2D eigenvalue weighted by Gasteiger charge is 2.12. The van der Waals surface area contributed by atoms with Gasteiger partial charge in [0.05, 0.1) is 0 Å². The molecule has 0 fully saturated rings. The lowest BCUT2D eigenvalue weighted by molar-refractivity contribution is 0.818. The molecule has 0 saturated heterocycles. The largest absolute Gasteiger partial charge is 0.367 e. The maximum absolute atomic E-state index is 5.26. The lowest BCUT2D eigenvalue weighted by Crippen LogP contribution is -2.15. The molecule has 0 amide bonds. The van der Waals surface area contributed by atoms with Crippen molar-refractivity contribution in [3.63, 3.8) is 0 Å². The van der Waals surface area contributed by atoms with Crippen molar-refractivity contribution in [2.45, 2.75) is 38.6 Å². The van der Waals surface area contributed by atoms with Gasteiger partial charge in [-0.2, -0.15) is 0 Å². The number of anilines is 1. The van der Waals surface area contributed by atoms with Gasteiger partial charge in [-0.1, -0.05) is 6.07 Å². The molecule has 0 bridgehead atoms. The van der Waals surface area contributed by atoms with Gasteiger partial charge in [-0.15, -0.1) is 12.3 Å². The van der Waals surface area contributed by atoms with Gasteiger partial charge in [0.1, 0.15) is 5.82 Å². The maximum Gasteiger partial charge on any atom is 0.126 e. The first kappa shape index (κ1) is 10.0. The second-order valence-corrected chi connectivity index (χ2v) is 4.11. The fourth-order valence-electron chi connectivity index (χ4n) is 1.98. The number of pyridine rings is 1. The monoisotopic (exact) mass is 200 g/mol. The van der Waals surface area contributed by atoms with E-state index in [0.717, 1.165) is 18.7 Å². The van der Waals surface area contributed by atoms with Gasteiger partial charge in [-0.25, -0.2) is 4.98 Å². The normalized spacial score (nSPS) is 15.5. The number of nitrogens with one attached hydrogen (secondary N) is 1. The van der Waals surface area contributed by atoms with Crippen LogP contribution in [0.2, 0.25) is 0 Å². The van der Waals surface area contributed by atoms with Crippen molar-refractivity contribution in [2.75, 3.05) is 5.32 Å². The van der Waals surface area contributed by atoms with Crippen molar-refractivity contribution in [1.29, 1.82) is 0 Å². The molecule has 2 nitrogen and oxygen atoms in total. The first-order valence-electron chi connectivity index (χ1n) is 5.48. The van der Waals surface area contributed by atoms with Gasteiger partial charge in [-0.05, 0) is 37.8 Å². The summed E-state index contributed by atoms with van der Waals surface area (Å²) >= 11 is 0. The van der Waals surface area contributed by atoms with E-state index in [1.54, 1.807) is 0 Å². The van der Waals surface area contributed by atoms with Gasteiger partial charge in [0, 0.05) is 18.2 Å². The Bertz CT molecular complexity index is 390. The van der Waals surface area contributed by atoms with Crippen LogP contribution < -0.4 is 5.32 Å². The average molecular weight is 200 g/mol. The summed E-state index contributed by atoms with van der Waals surface area (Å²) in [5, 5.41) is 3.32. The fourth-order valence-corrected chi connectivity index (χ4v) is 1.98. The standard InChI is InChI=1S/C13H16N2/c1-3-5-10(2)14-13-9-8-11-6-4-7-12(11)15-13/h1,8-10H,4-7H2,2H3,(H,14,15). The molecule has 1 unspecified atom stereocenters. The molecule has 1 aromatic rings. The van der Waals surface area contributed by atoms with Crippen LogP contribution in [0.1, 0.15) is 31.0 Å². The second-order valence-electron chi connectivity index (χ2n) is 4.11. The van der Waals surface area contributed by atoms with Crippen molar-refractivity contribution in [3.8, 4) is 12.3 Å². The van der Waals surface area contributed by atoms with Crippen LogP contribution >= 0.6 is 0 Å². The van der Waals surface area contributed by atoms with E-state index in [1.165, 1.54) is 24.1 Å². The van der Waals surface area contributed by atoms with E-state index in [9.17, 15) is 0 Å². The van der Waals surface area contributed by atoms with Crippen molar-refractivity contribution in [1.82, 2.24) is 4.98 Å². The summed E-state index contributed by atoms with van der Waals surface area (Å²) in [4.78, 5) is 4.60. The molecule has 15 heavy (non-hydrogen) atoms. The van der Waals surface area contributed by atoms with Gasteiger partial charge in [0.15, 0.2) is 0 Å². The Labute approximate surface area is 91.1 Å². The van der Waals surface area contributed by atoms with Crippen LogP contribution in [0.5, 0.6) is 0 Å². The molecular weight excluding hydrogens is 184 g/mol. The van der Waals surface area contributed by atoms with Crippen LogP contribution in [0.3, 0.4) is 0 Å². The highest BCUT2D eigenvalue weighted by atomic mass is 15.0. The third kappa shape index (κ3) is 2.30. The summed E-state index contributed by atoms with van der Waals surface area (Å²) in [6.45, 7) is 2.08. The Morgan fingerprint density at radius 3 is 3.20 bits per heavy atom. The minimum absolute atomic E-state index is 0.293. The number of nitrogens with zero attached hydrogens (tertiary/aromatic N) is 1. The topological polar surface area (TPSA) is 24.9 Å². The molecule has 1 N–H and O–H groups in total. The van der Waals surface area contributed by atoms with Gasteiger partial charge >= 0.3 is 0 Å². The molecular formula is C13H16N2. The Kier molecular flexibility index (Phi) is 2.91. The number of terminal acetylenes is 1. The fraction of sp³-hybridized carbons (Fsp3) is 0.462. The highest BCUT2D eigenvalue weighted by molar-refractivity contribution is 5.41. The molecule has 2 heteroatoms. The zero-order valence-electron chi connectivity index (χ0n) is 9.09. The second kappa shape index (κ2) is 4.35. The zero-order valence-corrected chi connectivity index (χ0v) is 9.09. The van der Waals surface area contributed by atoms with Gasteiger partial charge in [-0.3, -0.25) is 0 Å². The summed E-state index contributed by atoms with van der Waals surface area (Å²) in [7, 11) is 0. The van der Waals surface area contributed by atoms with Crippen molar-refractivity contribution in [3.05, 3.63) is 23.4 Å². The molecule has 0 radical (unpaired) electrons. The number of rotatable bonds is 3. The number of hydrogen-bond donors (Lipinski definition) is 1. The predicted octanol–water partition coefficient (Wildman–Crippen LogP) is 2.39. The SMILES string of the molecule is C#CCC(C)Nc1ccc2c(n1)CCC2. The van der Waals surface area contributed by atoms with E-state index in [-0.39, 0.29) is 0 Å². The quantitative estimate of drug-likeness (QED) is 0.758. The Morgan fingerprint density at radius 2 is 2.40 bits per heavy atom. The Hall–Kier alpha value is -1.49. The average Bonchev–Trinajstić information content (AvgIpc) is 2.65. The third-order valence-electron chi connectivity index (χ3n) is 2.75. The van der Waals surface area contributed by atoms with E-state index in [1.807, 2.05) is 0 Å². The lowest BCUT2D eigenvalue weighted by atomic mass is 10.2. The smallest absolute Gasteiger partial charge is 0.126 e. The molecule has 1 atom stereocenters. The molecule has 1 aromatic heterocycles. The van der Waals surface area contributed by atoms with Crippen molar-refractivity contribution < 1.29 is 0 Å². The van der Waals surface area contributed by atoms with Gasteiger partial charge in [0.2, 0.25) is 0 Å². The summed E-state index contributed by atoms with van der Waals surface area (Å²) in [6.07, 6.45) is 9.54. The first-order valence-corrected chi connectivity index (χ1v) is 5.48. The number of aromatic nitrogens is 1. The molecule has 1 aliphatic carbocycles. The third-order valence-corrected chi connectivity index (χ3v) is 2.75. The Balaban J connectivity index is 2.07. The molecule has 0 aliphatic heterocycles. The van der Waals surface area contributed by atoms with Crippen LogP contribution in [-0.2, 0) is 12.8 Å². The molecule has 0 spiro atoms. The minimum Gasteiger partial charge on any atom is -0.367 e. The number of hydrogen-bond acceptors (Lipinski definition) is 2. The van der Waals surface area contributed by atoms with E-state index in [4.69, 9.17) is 6.42 Å². The van der Waals surface area contributed by atoms with Crippen LogP contribution in [0.15, 0.2) is 12.1 Å². The molecule has 1 aliphatic rings. The van der Waals surface area contributed by atoms with E-state index >= 15 is 0 Å². The number of aryl methyl sites for hydroxylation is 2. The summed E-state index contributed by atoms with van der Waals surface area (Å²) in [5.74, 6) is 3.61. The summed E-state index contributed by atoms with van der Waals surface area (Å²) in [6, 6.07) is 4.53. The summed E-state index contributed by atoms with van der Waals surface area (Å²) < 4.78 is 0. The molecule has 78 valence electrons. The van der Waals surface area contributed by atoms with Crippen LogP contribution in [0.25, 0.3) is 0 Å². The van der Waals surface area contributed by atoms with Crippen LogP contribution in [0, 0.1) is 12.3 Å². The first-order chi connectivity index (χ1) is 7.29. The van der Waals surface area contributed by atoms with Crippen LogP contribution in [-0.4, -0.2) is 11.0 Å². The van der Waals surface area contributed by atoms with Crippen molar-refractivity contribution in [2.24, 2.45) is 0 Å². The van der Waals surface area contributed by atoms with E-state index < -0.39 is 0 Å². The van der Waals surface area contributed by atoms with E-state index in [2.05, 4.69) is 35.3 Å². The number of fused-ring (bicyclic) bond motifs is 1. The predicted molar refractivity (Wildman–Crippen MR) is 62.8 cm³/mol. The van der Waals surface area contributed by atoms with Crippen LogP contribution in [0.4, 0.5) is 5.82 Å². The Morgan fingerprint density at radius 1 is 1.53 bits per heavy atom. The minimum atomic E-state index is 0.293. The maximum atomic E-state index is 5.26. The highest BCUT2D eigenvalue weighted by Crippen LogP contribution is 2.21. The summed E-state index contributed by atoms with van der Waals surface area (Å²) in [5.41, 5.74) is 2.66.